The molecule has 0 unspecified atom stereocenters. The maximum absolute atomic E-state index is 12.7. The van der Waals surface area contributed by atoms with Crippen LogP contribution >= 0.6 is 44.1 Å². The van der Waals surface area contributed by atoms with Gasteiger partial charge in [0.15, 0.2) is 5.11 Å². The minimum atomic E-state index is -0.254. The topological polar surface area (TPSA) is 61.8 Å². The van der Waals surface area contributed by atoms with Gasteiger partial charge in [-0.25, -0.2) is 0 Å². The zero-order valence-corrected chi connectivity index (χ0v) is 16.9. The normalized spacial score (nSPS) is 15.6. The van der Waals surface area contributed by atoms with E-state index in [1.165, 1.54) is 4.90 Å². The predicted molar refractivity (Wildman–Crippen MR) is 108 cm³/mol. The highest BCUT2D eigenvalue weighted by molar-refractivity contribution is 9.11. The number of methoxy groups -OCH3 is 1. The summed E-state index contributed by atoms with van der Waals surface area (Å²) in [5.74, 6) is 0.544. The van der Waals surface area contributed by atoms with E-state index < -0.39 is 0 Å². The van der Waals surface area contributed by atoms with Gasteiger partial charge in [-0.15, -0.1) is 0 Å². The van der Waals surface area contributed by atoms with Crippen molar-refractivity contribution in [2.75, 3.05) is 12.0 Å². The number of amides is 1. The van der Waals surface area contributed by atoms with E-state index in [0.717, 1.165) is 5.56 Å². The maximum atomic E-state index is 12.7. The molecule has 1 amide bonds. The number of nitrogens with one attached hydrogen (secondary N) is 1. The van der Waals surface area contributed by atoms with Crippen LogP contribution in [0.3, 0.4) is 0 Å². The van der Waals surface area contributed by atoms with E-state index in [9.17, 15) is 9.90 Å². The van der Waals surface area contributed by atoms with Crippen LogP contribution in [0.25, 0.3) is 6.08 Å². The average molecular weight is 484 g/mol. The molecule has 2 N–H and O–H groups in total. The largest absolute Gasteiger partial charge is 0.506 e. The predicted octanol–water partition coefficient (Wildman–Crippen LogP) is 4.19. The van der Waals surface area contributed by atoms with Crippen LogP contribution in [0.1, 0.15) is 5.56 Å². The smallest absolute Gasteiger partial charge is 0.281 e. The van der Waals surface area contributed by atoms with E-state index in [1.54, 1.807) is 49.6 Å². The lowest BCUT2D eigenvalue weighted by atomic mass is 10.2. The quantitative estimate of drug-likeness (QED) is 0.506. The first-order valence-corrected chi connectivity index (χ1v) is 9.09. The molecule has 8 heteroatoms. The number of hydrogen-bond acceptors (Lipinski definition) is 4. The van der Waals surface area contributed by atoms with Crippen molar-refractivity contribution in [2.24, 2.45) is 0 Å². The number of nitrogens with zero attached hydrogens (tertiary/aromatic N) is 1. The molecule has 0 bridgehead atoms. The van der Waals surface area contributed by atoms with Crippen molar-refractivity contribution in [3.63, 3.8) is 0 Å². The Balaban J connectivity index is 1.92. The van der Waals surface area contributed by atoms with Gasteiger partial charge in [-0.2, -0.15) is 0 Å². The van der Waals surface area contributed by atoms with Gasteiger partial charge in [0.2, 0.25) is 0 Å². The summed E-state index contributed by atoms with van der Waals surface area (Å²) in [5, 5.41) is 13.0. The monoisotopic (exact) mass is 482 g/mol. The van der Waals surface area contributed by atoms with Gasteiger partial charge in [0.25, 0.3) is 5.91 Å². The molecule has 128 valence electrons. The molecule has 0 saturated carbocycles. The van der Waals surface area contributed by atoms with Crippen LogP contribution in [0.15, 0.2) is 51.0 Å². The standard InChI is InChI=1S/C17H12Br2N2O3S/c1-24-11-4-2-10(3-5-11)21-16(23)14(20-17(21)25)8-9-6-12(18)15(22)13(19)7-9/h2-8,22H,1H3,(H,20,25). The molecule has 0 aromatic heterocycles. The fraction of sp³-hybridized carbons (Fsp3) is 0.0588. The third-order valence-electron chi connectivity index (χ3n) is 3.56. The zero-order chi connectivity index (χ0) is 18.1. The van der Waals surface area contributed by atoms with Crippen LogP contribution < -0.4 is 15.0 Å². The number of aromatic hydroxyl groups is 1. The van der Waals surface area contributed by atoms with E-state index in [2.05, 4.69) is 37.2 Å². The van der Waals surface area contributed by atoms with Crippen LogP contribution in [0, 0.1) is 0 Å². The second-order valence-corrected chi connectivity index (χ2v) is 7.26. The summed E-state index contributed by atoms with van der Waals surface area (Å²) in [6, 6.07) is 10.5. The van der Waals surface area contributed by atoms with Gasteiger partial charge in [0, 0.05) is 0 Å². The van der Waals surface area contributed by atoms with Crippen LogP contribution in [-0.2, 0) is 4.79 Å². The lowest BCUT2D eigenvalue weighted by Crippen LogP contribution is -2.30. The average Bonchev–Trinajstić information content (AvgIpc) is 2.86. The first-order valence-electron chi connectivity index (χ1n) is 7.10. The molecule has 1 heterocycles. The molecule has 0 atom stereocenters. The molecule has 0 radical (unpaired) electrons. The summed E-state index contributed by atoms with van der Waals surface area (Å²) < 4.78 is 6.17. The zero-order valence-electron chi connectivity index (χ0n) is 12.9. The van der Waals surface area contributed by atoms with Crippen molar-refractivity contribution in [1.82, 2.24) is 5.32 Å². The highest BCUT2D eigenvalue weighted by atomic mass is 79.9. The van der Waals surface area contributed by atoms with Crippen molar-refractivity contribution < 1.29 is 14.6 Å². The summed E-state index contributed by atoms with van der Waals surface area (Å²) in [6.45, 7) is 0. The highest BCUT2D eigenvalue weighted by Gasteiger charge is 2.32. The molecule has 3 rings (SSSR count). The molecular weight excluding hydrogens is 472 g/mol. The molecule has 2 aromatic carbocycles. The number of phenols is 1. The van der Waals surface area contributed by atoms with Crippen molar-refractivity contribution >= 4 is 66.9 Å². The molecule has 0 aliphatic carbocycles. The van der Waals surface area contributed by atoms with Crippen molar-refractivity contribution in [3.05, 3.63) is 56.6 Å². The second kappa shape index (κ2) is 7.15. The Morgan fingerprint density at radius 1 is 1.20 bits per heavy atom. The number of phenolic OH excluding ortho intramolecular Hbond substituents is 1. The van der Waals surface area contributed by atoms with E-state index in [-0.39, 0.29) is 11.7 Å². The van der Waals surface area contributed by atoms with Crippen LogP contribution in [0.4, 0.5) is 5.69 Å². The fourth-order valence-corrected chi connectivity index (χ4v) is 3.86. The molecule has 1 saturated heterocycles. The molecular formula is C17H12Br2N2O3S. The first-order chi connectivity index (χ1) is 11.9. The first kappa shape index (κ1) is 17.9. The van der Waals surface area contributed by atoms with Crippen LogP contribution in [0.5, 0.6) is 11.5 Å². The number of hydrogen-bond donors (Lipinski definition) is 2. The third-order valence-corrected chi connectivity index (χ3v) is 5.05. The van der Waals surface area contributed by atoms with Gasteiger partial charge in [0.05, 0.1) is 21.7 Å². The lowest BCUT2D eigenvalue weighted by molar-refractivity contribution is -0.113. The molecule has 0 spiro atoms. The Labute approximate surface area is 166 Å². The molecule has 5 nitrogen and oxygen atoms in total. The Morgan fingerprint density at radius 2 is 1.80 bits per heavy atom. The number of thiocarbonyl (C=S) groups is 1. The van der Waals surface area contributed by atoms with E-state index in [1.807, 2.05) is 0 Å². The van der Waals surface area contributed by atoms with Crippen LogP contribution in [0.2, 0.25) is 0 Å². The Hall–Kier alpha value is -1.90. The summed E-state index contributed by atoms with van der Waals surface area (Å²) in [4.78, 5) is 14.1. The van der Waals surface area contributed by atoms with Crippen LogP contribution in [-0.4, -0.2) is 23.2 Å². The van der Waals surface area contributed by atoms with Gasteiger partial charge < -0.3 is 15.2 Å². The number of benzene rings is 2. The molecule has 1 aliphatic heterocycles. The Morgan fingerprint density at radius 3 is 2.36 bits per heavy atom. The number of halogens is 2. The Kier molecular flexibility index (Phi) is 5.12. The second-order valence-electron chi connectivity index (χ2n) is 5.16. The minimum absolute atomic E-state index is 0.100. The van der Waals surface area contributed by atoms with E-state index >= 15 is 0 Å². The van der Waals surface area contributed by atoms with Gasteiger partial charge in [-0.3, -0.25) is 9.69 Å². The van der Waals surface area contributed by atoms with Gasteiger partial charge in [-0.05, 0) is 92.1 Å². The maximum Gasteiger partial charge on any atom is 0.281 e. The SMILES string of the molecule is COc1ccc(N2C(=O)C(=Cc3cc(Br)c(O)c(Br)c3)NC2=S)cc1. The number of ether oxygens (including phenoxy) is 1. The number of rotatable bonds is 3. The number of carbonyl (C=O) groups excluding carboxylic acids is 1. The van der Waals surface area contributed by atoms with E-state index in [0.29, 0.717) is 31.2 Å². The summed E-state index contributed by atoms with van der Waals surface area (Å²) in [6.07, 6.45) is 1.67. The summed E-state index contributed by atoms with van der Waals surface area (Å²) in [5.41, 5.74) is 1.73. The Bertz CT molecular complexity index is 874. The summed E-state index contributed by atoms with van der Waals surface area (Å²) in [7, 11) is 1.58. The fourth-order valence-electron chi connectivity index (χ4n) is 2.34. The third kappa shape index (κ3) is 3.56. The molecule has 2 aromatic rings. The van der Waals surface area contributed by atoms with Crippen molar-refractivity contribution in [2.45, 2.75) is 0 Å². The van der Waals surface area contributed by atoms with E-state index in [4.69, 9.17) is 17.0 Å². The molecule has 25 heavy (non-hydrogen) atoms. The van der Waals surface area contributed by atoms with Gasteiger partial charge >= 0.3 is 0 Å². The lowest BCUT2D eigenvalue weighted by Gasteiger charge is -2.14. The summed E-state index contributed by atoms with van der Waals surface area (Å²) >= 11 is 11.8. The number of carbonyl (C=O) groups is 1. The van der Waals surface area contributed by atoms with Crippen molar-refractivity contribution in [1.29, 1.82) is 0 Å². The van der Waals surface area contributed by atoms with Gasteiger partial charge in [0.1, 0.15) is 17.2 Å². The van der Waals surface area contributed by atoms with Crippen molar-refractivity contribution in [3.8, 4) is 11.5 Å². The molecule has 1 fully saturated rings. The number of anilines is 1. The highest BCUT2D eigenvalue weighted by Crippen LogP contribution is 2.34. The molecule has 1 aliphatic rings. The minimum Gasteiger partial charge on any atom is -0.506 e. The van der Waals surface area contributed by atoms with Gasteiger partial charge in [-0.1, -0.05) is 0 Å².